The smallest absolute Gasteiger partial charge is 0.326 e. The number of carboxylic acid groups (broad SMARTS) is 4. The Morgan fingerprint density at radius 1 is 0.476 bits per heavy atom. The number of primary amides is 2. The number of guanidine groups is 1. The number of benzene rings is 1. The zero-order valence-corrected chi connectivity index (χ0v) is 80.7. The molecule has 792 valence electrons. The molecule has 0 unspecified atom stereocenters. The number of hydrogen-bond acceptors (Lipinski definition) is 30. The standard InChI is InChI=1S/C87H134N26O29S/c1-6-43(4)69(110-82(137)68(42(2)3)109-64(119)39-96-63(118)38-97-71(126)55(34-46-37-93-41-98-46)107-81(136)59-16-11-31-112(59)84(139)58(40-143)108-83(138)70(44(5)114)111-76(131)52(23-26-66(122)123)100-72(127)48-14-9-29-94-48)85(140)113-32-12-17-60(113)80(135)102-50(15-10-30-95-87(91)92)74(129)105-57(36-62(90)117)79(134)106-56(35-61(89)116)78(133)101-51(22-25-65(120)121)75(130)104-54(33-45-18-20-47(115)21-19-45)77(132)99-49(13-7-8-28-88)73(128)103-53(86(141)142)24-27-67(124)125/h18-21,37,41-44,48-60,68-70,94,114-115,143H,6-17,22-36,38-40,88H2,1-5H3,(H2,89,116)(H2,90,117)(H,93,98)(H,96,118)(H,97,126)(H,99,132)(H,100,127)(H,101,133)(H,102,135)(H,103,128)(H,104,130)(H,105,129)(H,106,134)(H,107,136)(H,108,138)(H,109,119)(H,110,137)(H,111,131)(H,120,121)(H,122,123)(H,124,125)(H,141,142)(H4,91,92,95)/t43-,44+,48-,49-,50-,51-,52-,53-,54-,55-,56-,57-,58-,59-,60-,68-,69-,70-/m0/s1. The summed E-state index contributed by atoms with van der Waals surface area (Å²) in [5.74, 6) is -28.4. The second-order valence-corrected chi connectivity index (χ2v) is 35.5. The molecule has 5 rings (SSSR count). The van der Waals surface area contributed by atoms with Crippen molar-refractivity contribution in [1.29, 1.82) is 5.41 Å². The quantitative estimate of drug-likeness (QED) is 0.0127. The lowest BCUT2D eigenvalue weighted by Gasteiger charge is -2.33. The Balaban J connectivity index is 1.27. The van der Waals surface area contributed by atoms with Crippen molar-refractivity contribution in [1.82, 2.24) is 110 Å². The number of hydrogen-bond donors (Lipinski definition) is 30. The molecule has 18 atom stereocenters. The van der Waals surface area contributed by atoms with E-state index in [1.54, 1.807) is 27.7 Å². The summed E-state index contributed by atoms with van der Waals surface area (Å²) in [5, 5.41) is 108. The van der Waals surface area contributed by atoms with E-state index >= 15 is 0 Å². The Bertz CT molecular complexity index is 4820. The first-order valence-corrected chi connectivity index (χ1v) is 47.3. The number of carbonyl (C=O) groups excluding carboxylic acids is 19. The number of nitrogens with one attached hydrogen (secondary N) is 19. The lowest BCUT2D eigenvalue weighted by molar-refractivity contribution is -0.144. The minimum absolute atomic E-state index is 0.0284. The molecule has 143 heavy (non-hydrogen) atoms. The second kappa shape index (κ2) is 60.0. The van der Waals surface area contributed by atoms with Crippen LogP contribution >= 0.6 is 12.6 Å². The second-order valence-electron chi connectivity index (χ2n) is 35.1. The van der Waals surface area contributed by atoms with Crippen molar-refractivity contribution >= 4 is 155 Å². The normalized spacial score (nSPS) is 17.4. The molecule has 1 aromatic heterocycles. The summed E-state index contributed by atoms with van der Waals surface area (Å²) in [6.45, 7) is 6.38. The summed E-state index contributed by atoms with van der Waals surface area (Å²) >= 11 is 4.26. The van der Waals surface area contributed by atoms with Gasteiger partial charge in [-0.3, -0.25) is 111 Å². The van der Waals surface area contributed by atoms with Gasteiger partial charge in [-0.2, -0.15) is 12.6 Å². The molecule has 0 radical (unpaired) electrons. The van der Waals surface area contributed by atoms with Gasteiger partial charge in [0, 0.05) is 69.4 Å². The number of thiol groups is 1. The minimum Gasteiger partial charge on any atom is -0.508 e. The van der Waals surface area contributed by atoms with Gasteiger partial charge in [-0.15, -0.1) is 0 Å². The van der Waals surface area contributed by atoms with Crippen molar-refractivity contribution in [3.63, 3.8) is 0 Å². The molecule has 3 saturated heterocycles. The molecule has 3 aliphatic heterocycles. The summed E-state index contributed by atoms with van der Waals surface area (Å²) in [5.41, 5.74) is 22.9. The molecule has 3 aliphatic rings. The molecular formula is C87H134N26O29S. The molecule has 33 N–H and O–H groups in total. The van der Waals surface area contributed by atoms with Crippen LogP contribution in [0.1, 0.15) is 174 Å². The number of rotatable bonds is 63. The third-order valence-electron chi connectivity index (χ3n) is 23.5. The lowest BCUT2D eigenvalue weighted by Crippen LogP contribution is -2.61. The molecule has 55 nitrogen and oxygen atoms in total. The largest absolute Gasteiger partial charge is 0.508 e. The summed E-state index contributed by atoms with van der Waals surface area (Å²) in [7, 11) is 0. The number of likely N-dealkylation sites (tertiary alicyclic amines) is 2. The number of amides is 19. The molecule has 56 heteroatoms. The Kier molecular flexibility index (Phi) is 49.9. The molecule has 2 aromatic rings. The fraction of sp³-hybridized carbons (Fsp3) is 0.621. The first-order valence-electron chi connectivity index (χ1n) is 46.7. The average Bonchev–Trinajstić information content (AvgIpc) is 1.69. The van der Waals surface area contributed by atoms with Gasteiger partial charge in [0.1, 0.15) is 96.4 Å². The van der Waals surface area contributed by atoms with Crippen molar-refractivity contribution in [2.24, 2.45) is 34.8 Å². The molecule has 0 bridgehead atoms. The van der Waals surface area contributed by atoms with Crippen LogP contribution in [0.5, 0.6) is 5.75 Å². The number of aromatic hydroxyl groups is 1. The fourth-order valence-corrected chi connectivity index (χ4v) is 15.8. The van der Waals surface area contributed by atoms with E-state index in [0.717, 1.165) is 16.7 Å². The molecule has 3 fully saturated rings. The van der Waals surface area contributed by atoms with E-state index in [-0.39, 0.29) is 120 Å². The van der Waals surface area contributed by atoms with E-state index in [4.69, 9.17) is 28.3 Å². The fourth-order valence-electron chi connectivity index (χ4n) is 15.5. The van der Waals surface area contributed by atoms with Gasteiger partial charge in [-0.05, 0) is 139 Å². The Morgan fingerprint density at radius 2 is 0.923 bits per heavy atom. The Hall–Kier alpha value is -14.5. The van der Waals surface area contributed by atoms with E-state index < -0.39 is 321 Å². The SMILES string of the molecule is CC[C@H](C)[C@H](NC(=O)[C@@H](NC(=O)CNC(=O)CNC(=O)[C@H](Cc1cnc[nH]1)NC(=O)[C@@H]1CCCN1C(=O)[C@H](CS)NC(=O)[C@@H](NC(=O)[C@H](CCC(=O)O)NC(=O)[C@@H]1CCCN1)[C@@H](C)O)C(C)C)C(=O)N1CCC[C@H]1C(=O)N[C@@H](CCCNC(=N)N)C(=O)N[C@@H](CC(N)=O)C(=O)N[C@@H](CC(N)=O)C(=O)N[C@@H](CCC(=O)O)C(=O)N[C@@H](Cc1ccc(O)cc1)C(=O)N[C@@H](CCCCN)C(=O)N[C@@H](CCC(=O)O)C(=O)O. The van der Waals surface area contributed by atoms with Crippen LogP contribution in [0.4, 0.5) is 0 Å². The molecule has 1 aromatic carbocycles. The molecule has 19 amide bonds. The minimum atomic E-state index is -2.16. The first-order chi connectivity index (χ1) is 67.6. The number of carbonyl (C=O) groups is 23. The van der Waals surface area contributed by atoms with Crippen LogP contribution in [-0.2, 0) is 123 Å². The van der Waals surface area contributed by atoms with E-state index in [1.165, 1.54) is 36.8 Å². The van der Waals surface area contributed by atoms with Gasteiger partial charge in [-0.25, -0.2) is 9.78 Å². The summed E-state index contributed by atoms with van der Waals surface area (Å²) in [4.78, 5) is 322. The van der Waals surface area contributed by atoms with Gasteiger partial charge < -0.3 is 159 Å². The van der Waals surface area contributed by atoms with Crippen molar-refractivity contribution in [3.05, 3.63) is 48.0 Å². The van der Waals surface area contributed by atoms with E-state index in [9.17, 15) is 141 Å². The average molecular weight is 2040 g/mol. The number of nitrogens with zero attached hydrogens (tertiary/aromatic N) is 3. The molecular weight excluding hydrogens is 1910 g/mol. The van der Waals surface area contributed by atoms with Crippen LogP contribution in [-0.4, -0.2) is 347 Å². The third-order valence-corrected chi connectivity index (χ3v) is 23.9. The summed E-state index contributed by atoms with van der Waals surface area (Å²) < 4.78 is 0. The van der Waals surface area contributed by atoms with Crippen LogP contribution in [0.2, 0.25) is 0 Å². The van der Waals surface area contributed by atoms with Crippen molar-refractivity contribution in [2.45, 2.75) is 279 Å². The van der Waals surface area contributed by atoms with Crippen LogP contribution in [0.3, 0.4) is 0 Å². The van der Waals surface area contributed by atoms with E-state index in [2.05, 4.69) is 113 Å². The van der Waals surface area contributed by atoms with Gasteiger partial charge in [0.2, 0.25) is 112 Å². The topological polar surface area (TPSA) is 882 Å². The Labute approximate surface area is 826 Å². The third kappa shape index (κ3) is 40.6. The maximum absolute atomic E-state index is 14.9. The van der Waals surface area contributed by atoms with Crippen LogP contribution in [0.15, 0.2) is 36.8 Å². The van der Waals surface area contributed by atoms with Gasteiger partial charge in [-0.1, -0.05) is 46.2 Å². The number of phenolic OH excluding ortho intramolecular Hbond substituents is 1. The highest BCUT2D eigenvalue weighted by Crippen LogP contribution is 2.25. The van der Waals surface area contributed by atoms with E-state index in [0.29, 0.717) is 25.1 Å². The molecule has 4 heterocycles. The predicted molar refractivity (Wildman–Crippen MR) is 503 cm³/mol. The number of unbranched alkanes of at least 4 members (excludes halogenated alkanes) is 1. The maximum Gasteiger partial charge on any atom is 0.326 e. The molecule has 0 spiro atoms. The zero-order valence-electron chi connectivity index (χ0n) is 79.8. The van der Waals surface area contributed by atoms with Gasteiger partial charge in [0.05, 0.1) is 44.4 Å². The highest BCUT2D eigenvalue weighted by Gasteiger charge is 2.45. The zero-order chi connectivity index (χ0) is 107. The number of aliphatic hydroxyl groups is 1. The first kappa shape index (κ1) is 119. The Morgan fingerprint density at radius 3 is 1.41 bits per heavy atom. The highest BCUT2D eigenvalue weighted by molar-refractivity contribution is 7.80. The number of aliphatic carboxylic acids is 4. The maximum atomic E-state index is 14.9. The number of aromatic amines is 1. The summed E-state index contributed by atoms with van der Waals surface area (Å²) in [6.07, 6.45) is -4.12. The van der Waals surface area contributed by atoms with Gasteiger partial charge >= 0.3 is 23.9 Å². The van der Waals surface area contributed by atoms with E-state index in [1.807, 2.05) is 0 Å². The number of H-pyrrole nitrogens is 1. The number of phenols is 1. The van der Waals surface area contributed by atoms with Crippen molar-refractivity contribution < 1.29 is 141 Å². The number of imidazole rings is 1. The van der Waals surface area contributed by atoms with Crippen LogP contribution < -0.4 is 113 Å². The number of aliphatic hydroxyl groups excluding tert-OH is 1. The number of aromatic nitrogens is 2. The summed E-state index contributed by atoms with van der Waals surface area (Å²) in [6, 6.07) is -20.3. The van der Waals surface area contributed by atoms with Crippen LogP contribution in [0.25, 0.3) is 0 Å². The van der Waals surface area contributed by atoms with Gasteiger partial charge in [0.15, 0.2) is 5.96 Å². The number of nitrogens with two attached hydrogens (primary N) is 4. The molecule has 0 aliphatic carbocycles. The lowest BCUT2D eigenvalue weighted by atomic mass is 9.95. The predicted octanol–water partition coefficient (Wildman–Crippen LogP) is -10.00. The van der Waals surface area contributed by atoms with Crippen molar-refractivity contribution in [3.8, 4) is 5.75 Å². The monoisotopic (exact) mass is 2040 g/mol. The number of carboxylic acids is 4. The highest BCUT2D eigenvalue weighted by atomic mass is 32.1. The molecule has 0 saturated carbocycles. The van der Waals surface area contributed by atoms with Crippen LogP contribution in [0, 0.1) is 17.2 Å². The van der Waals surface area contributed by atoms with Crippen molar-refractivity contribution in [2.75, 3.05) is 51.6 Å². The van der Waals surface area contributed by atoms with Gasteiger partial charge in [0.25, 0.3) is 0 Å².